The number of aliphatic hydroxyl groups excluding tert-OH is 1. The molecule has 0 amide bonds. The lowest BCUT2D eigenvalue weighted by atomic mass is 10.0. The average molecular weight is 1230 g/mol. The predicted molar refractivity (Wildman–Crippen MR) is 331 cm³/mol. The number of aliphatic hydroxyl groups is 1. The first-order valence-electron chi connectivity index (χ1n) is 33.8. The number of hydrogen-bond donors (Lipinski definition) is 3. The van der Waals surface area contributed by atoms with E-state index in [2.05, 4.69) is 27.7 Å². The summed E-state index contributed by atoms with van der Waals surface area (Å²) in [7, 11) is -9.87. The molecule has 0 aliphatic heterocycles. The van der Waals surface area contributed by atoms with Crippen molar-refractivity contribution in [3.8, 4) is 0 Å². The molecule has 2 unspecified atom stereocenters. The van der Waals surface area contributed by atoms with Gasteiger partial charge in [0.1, 0.15) is 19.3 Å². The number of unbranched alkanes of at least 4 members (excludes halogenated alkanes) is 39. The molecule has 0 rings (SSSR count). The molecule has 0 bridgehead atoms. The monoisotopic (exact) mass is 1230 g/mol. The maximum absolute atomic E-state index is 12.9. The summed E-state index contributed by atoms with van der Waals surface area (Å²) in [5.74, 6) is -2.14. The normalized spacial score (nSPS) is 14.2. The van der Waals surface area contributed by atoms with Crippen molar-refractivity contribution in [1.29, 1.82) is 0 Å². The molecule has 0 aromatic rings. The SMILES string of the molecule is CCCCCCCCCCCCCCCCCC(=O)OC[C@H](COP(=O)(O)OC[C@H](O)COP(=O)(O)OC[C@@H](COC(=O)CCCCCCCCCC)OC(=O)CCCCCCCCCCCCCCCCC)OC(=O)CCCCCCC. The molecule has 0 aliphatic carbocycles. The molecular formula is C64H124O17P2. The van der Waals surface area contributed by atoms with Gasteiger partial charge in [-0.2, -0.15) is 0 Å². The van der Waals surface area contributed by atoms with Crippen LogP contribution in [0.15, 0.2) is 0 Å². The van der Waals surface area contributed by atoms with Crippen LogP contribution in [-0.4, -0.2) is 96.7 Å². The van der Waals surface area contributed by atoms with Crippen LogP contribution in [0, 0.1) is 0 Å². The summed E-state index contributed by atoms with van der Waals surface area (Å²) in [5, 5.41) is 10.5. The number of hydrogen-bond acceptors (Lipinski definition) is 15. The van der Waals surface area contributed by atoms with Crippen LogP contribution in [-0.2, 0) is 65.4 Å². The standard InChI is InChI=1S/C64H124O17P2/c1-5-9-13-17-20-23-25-27-29-31-33-35-38-42-45-49-62(67)74-54-59(80-63(68)50-46-40-16-12-8-4)56-78-82(70,71)76-52-58(65)53-77-83(72,73)79-57-60(55-75-61(66)48-44-41-37-22-19-15-11-7-3)81-64(69)51-47-43-39-36-34-32-30-28-26-24-21-18-14-10-6-2/h58-60,65H,5-57H2,1-4H3,(H,70,71)(H,72,73)/t58-,59+,60+/m0/s1. The maximum atomic E-state index is 12.9. The van der Waals surface area contributed by atoms with Crippen molar-refractivity contribution in [2.24, 2.45) is 0 Å². The van der Waals surface area contributed by atoms with Crippen LogP contribution in [0.25, 0.3) is 0 Å². The Bertz CT molecular complexity index is 1600. The van der Waals surface area contributed by atoms with E-state index in [0.29, 0.717) is 25.7 Å². The van der Waals surface area contributed by atoms with Gasteiger partial charge in [-0.1, -0.05) is 278 Å². The summed E-state index contributed by atoms with van der Waals surface area (Å²) in [4.78, 5) is 71.9. The van der Waals surface area contributed by atoms with Gasteiger partial charge in [0.05, 0.1) is 26.4 Å². The fourth-order valence-electron chi connectivity index (χ4n) is 9.63. The zero-order valence-corrected chi connectivity index (χ0v) is 54.9. The molecule has 0 saturated heterocycles. The molecule has 0 radical (unpaired) electrons. The summed E-state index contributed by atoms with van der Waals surface area (Å²) < 4.78 is 67.7. The smallest absolute Gasteiger partial charge is 0.462 e. The van der Waals surface area contributed by atoms with E-state index in [4.69, 9.17) is 37.0 Å². The van der Waals surface area contributed by atoms with Crippen molar-refractivity contribution in [2.75, 3.05) is 39.6 Å². The van der Waals surface area contributed by atoms with Crippen molar-refractivity contribution in [1.82, 2.24) is 0 Å². The maximum Gasteiger partial charge on any atom is 0.472 e. The van der Waals surface area contributed by atoms with Crippen molar-refractivity contribution in [2.45, 2.75) is 348 Å². The van der Waals surface area contributed by atoms with E-state index in [1.807, 2.05) is 0 Å². The molecular weight excluding hydrogens is 1100 g/mol. The van der Waals surface area contributed by atoms with Crippen molar-refractivity contribution >= 4 is 39.5 Å². The Morgan fingerprint density at radius 3 is 0.711 bits per heavy atom. The number of carbonyl (C=O) groups excluding carboxylic acids is 4. The molecule has 492 valence electrons. The average Bonchev–Trinajstić information content (AvgIpc) is 3.46. The molecule has 19 heteroatoms. The predicted octanol–water partition coefficient (Wildman–Crippen LogP) is 17.9. The Morgan fingerprint density at radius 2 is 0.482 bits per heavy atom. The Balaban J connectivity index is 5.06. The topological polar surface area (TPSA) is 237 Å². The Kier molecular flexibility index (Phi) is 57.7. The highest BCUT2D eigenvalue weighted by molar-refractivity contribution is 7.47. The molecule has 5 atom stereocenters. The van der Waals surface area contributed by atoms with Gasteiger partial charge in [0, 0.05) is 25.7 Å². The summed E-state index contributed by atoms with van der Waals surface area (Å²) in [6.07, 6.45) is 44.9. The first-order valence-corrected chi connectivity index (χ1v) is 36.8. The third-order valence-electron chi connectivity index (χ3n) is 14.9. The number of phosphoric acid groups is 2. The second kappa shape index (κ2) is 59.0. The van der Waals surface area contributed by atoms with Gasteiger partial charge >= 0.3 is 39.5 Å². The zero-order valence-electron chi connectivity index (χ0n) is 53.2. The largest absolute Gasteiger partial charge is 0.472 e. The van der Waals surface area contributed by atoms with Crippen molar-refractivity contribution in [3.05, 3.63) is 0 Å². The summed E-state index contributed by atoms with van der Waals surface area (Å²) in [6.45, 7) is 4.79. The van der Waals surface area contributed by atoms with Gasteiger partial charge in [0.25, 0.3) is 0 Å². The highest BCUT2D eigenvalue weighted by atomic mass is 31.2. The third kappa shape index (κ3) is 58.8. The summed E-state index contributed by atoms with van der Waals surface area (Å²) in [6, 6.07) is 0. The van der Waals surface area contributed by atoms with Gasteiger partial charge in [0.15, 0.2) is 12.2 Å². The zero-order chi connectivity index (χ0) is 61.2. The minimum absolute atomic E-state index is 0.101. The molecule has 0 saturated carbocycles. The van der Waals surface area contributed by atoms with Crippen LogP contribution in [0.3, 0.4) is 0 Å². The van der Waals surface area contributed by atoms with Gasteiger partial charge in [-0.3, -0.25) is 37.3 Å². The van der Waals surface area contributed by atoms with E-state index in [-0.39, 0.29) is 25.7 Å². The third-order valence-corrected chi connectivity index (χ3v) is 16.8. The number of ether oxygens (including phenoxy) is 4. The van der Waals surface area contributed by atoms with Crippen LogP contribution in [0.2, 0.25) is 0 Å². The fraction of sp³-hybridized carbons (Fsp3) is 0.938. The second-order valence-electron chi connectivity index (χ2n) is 23.2. The molecule has 17 nitrogen and oxygen atoms in total. The van der Waals surface area contributed by atoms with E-state index >= 15 is 0 Å². The lowest BCUT2D eigenvalue weighted by Crippen LogP contribution is -2.30. The molecule has 0 fully saturated rings. The van der Waals surface area contributed by atoms with E-state index in [0.717, 1.165) is 96.3 Å². The number of carbonyl (C=O) groups is 4. The molecule has 3 N–H and O–H groups in total. The quantitative estimate of drug-likeness (QED) is 0.0222. The molecule has 0 heterocycles. The van der Waals surface area contributed by atoms with Gasteiger partial charge in [0.2, 0.25) is 0 Å². The van der Waals surface area contributed by atoms with Crippen LogP contribution in [0.1, 0.15) is 329 Å². The Hall–Kier alpha value is -1.94. The van der Waals surface area contributed by atoms with Crippen LogP contribution in [0.4, 0.5) is 0 Å². The van der Waals surface area contributed by atoms with Crippen molar-refractivity contribution in [3.63, 3.8) is 0 Å². The van der Waals surface area contributed by atoms with Gasteiger partial charge in [-0.05, 0) is 25.7 Å². The summed E-state index contributed by atoms with van der Waals surface area (Å²) in [5.41, 5.74) is 0. The lowest BCUT2D eigenvalue weighted by Gasteiger charge is -2.21. The molecule has 0 aromatic heterocycles. The van der Waals surface area contributed by atoms with Crippen LogP contribution >= 0.6 is 15.6 Å². The lowest BCUT2D eigenvalue weighted by molar-refractivity contribution is -0.161. The van der Waals surface area contributed by atoms with Crippen LogP contribution < -0.4 is 0 Å². The number of phosphoric ester groups is 2. The first kappa shape index (κ1) is 81.1. The van der Waals surface area contributed by atoms with Gasteiger partial charge in [-0.25, -0.2) is 9.13 Å². The van der Waals surface area contributed by atoms with E-state index in [1.165, 1.54) is 154 Å². The number of esters is 4. The Labute approximate surface area is 505 Å². The minimum atomic E-state index is -4.94. The highest BCUT2D eigenvalue weighted by Crippen LogP contribution is 2.45. The Morgan fingerprint density at radius 1 is 0.289 bits per heavy atom. The van der Waals surface area contributed by atoms with E-state index < -0.39 is 97.5 Å². The molecule has 0 aromatic carbocycles. The highest BCUT2D eigenvalue weighted by Gasteiger charge is 2.30. The van der Waals surface area contributed by atoms with Gasteiger partial charge < -0.3 is 33.8 Å². The van der Waals surface area contributed by atoms with Gasteiger partial charge in [-0.15, -0.1) is 0 Å². The second-order valence-corrected chi connectivity index (χ2v) is 26.1. The van der Waals surface area contributed by atoms with E-state index in [1.54, 1.807) is 0 Å². The molecule has 0 spiro atoms. The van der Waals surface area contributed by atoms with E-state index in [9.17, 15) is 43.2 Å². The van der Waals surface area contributed by atoms with Crippen LogP contribution in [0.5, 0.6) is 0 Å². The number of rotatable bonds is 65. The fourth-order valence-corrected chi connectivity index (χ4v) is 11.2. The first-order chi connectivity index (χ1) is 40.2. The molecule has 83 heavy (non-hydrogen) atoms. The molecule has 0 aliphatic rings. The summed E-state index contributed by atoms with van der Waals surface area (Å²) >= 11 is 0. The minimum Gasteiger partial charge on any atom is -0.462 e. The van der Waals surface area contributed by atoms with Crippen molar-refractivity contribution < 1.29 is 80.2 Å².